The summed E-state index contributed by atoms with van der Waals surface area (Å²) in [6, 6.07) is 6.06. The van der Waals surface area contributed by atoms with Crippen molar-refractivity contribution in [3.8, 4) is 0 Å². The standard InChI is InChI=1S/C14H16N2O2/c1-8-5-6-11-12(7-8)16-13(15-11)9-3-2-4-10(9)14(17)18/h5-7,9-10H,2-4H2,1H3,(H,15,16)(H,17,18). The third-order valence-corrected chi connectivity index (χ3v) is 3.84. The van der Waals surface area contributed by atoms with Crippen LogP contribution in [0.3, 0.4) is 0 Å². The Balaban J connectivity index is 2.01. The molecule has 0 bridgehead atoms. The second kappa shape index (κ2) is 4.12. The van der Waals surface area contributed by atoms with Crippen LogP contribution in [0, 0.1) is 12.8 Å². The number of carbonyl (C=O) groups is 1. The average Bonchev–Trinajstić information content (AvgIpc) is 2.93. The Morgan fingerprint density at radius 2 is 2.28 bits per heavy atom. The number of H-pyrrole nitrogens is 1. The van der Waals surface area contributed by atoms with Gasteiger partial charge in [0.05, 0.1) is 17.0 Å². The van der Waals surface area contributed by atoms with Crippen LogP contribution in [0.25, 0.3) is 11.0 Å². The summed E-state index contributed by atoms with van der Waals surface area (Å²) in [6.45, 7) is 2.04. The lowest BCUT2D eigenvalue weighted by Crippen LogP contribution is -2.17. The van der Waals surface area contributed by atoms with E-state index in [1.54, 1.807) is 0 Å². The van der Waals surface area contributed by atoms with Crippen LogP contribution in [-0.2, 0) is 4.79 Å². The zero-order valence-electron chi connectivity index (χ0n) is 10.3. The minimum atomic E-state index is -0.700. The molecule has 1 aromatic carbocycles. The number of hydrogen-bond acceptors (Lipinski definition) is 2. The normalized spacial score (nSPS) is 23.6. The number of carboxylic acids is 1. The van der Waals surface area contributed by atoms with Gasteiger partial charge in [-0.15, -0.1) is 0 Å². The molecule has 0 radical (unpaired) electrons. The van der Waals surface area contributed by atoms with E-state index in [2.05, 4.69) is 16.0 Å². The third-order valence-electron chi connectivity index (χ3n) is 3.84. The van der Waals surface area contributed by atoms with Crippen LogP contribution in [0.1, 0.15) is 36.6 Å². The summed E-state index contributed by atoms with van der Waals surface area (Å²) in [5.74, 6) is -0.114. The van der Waals surface area contributed by atoms with E-state index in [-0.39, 0.29) is 11.8 Å². The molecule has 0 amide bonds. The number of aliphatic carboxylic acids is 1. The molecule has 1 fully saturated rings. The molecule has 0 saturated heterocycles. The second-order valence-electron chi connectivity index (χ2n) is 5.12. The molecule has 0 aliphatic heterocycles. The van der Waals surface area contributed by atoms with Crippen molar-refractivity contribution in [2.45, 2.75) is 32.1 Å². The molecular weight excluding hydrogens is 228 g/mol. The first kappa shape index (κ1) is 11.3. The molecule has 1 aliphatic carbocycles. The number of rotatable bonds is 2. The minimum Gasteiger partial charge on any atom is -0.481 e. The monoisotopic (exact) mass is 244 g/mol. The Labute approximate surface area is 105 Å². The summed E-state index contributed by atoms with van der Waals surface area (Å²) in [4.78, 5) is 19.1. The Hall–Kier alpha value is -1.84. The maximum atomic E-state index is 11.2. The second-order valence-corrected chi connectivity index (χ2v) is 5.12. The number of imidazole rings is 1. The van der Waals surface area contributed by atoms with Crippen LogP contribution in [-0.4, -0.2) is 21.0 Å². The Bertz CT molecular complexity index is 603. The first-order valence-electron chi connectivity index (χ1n) is 6.34. The quantitative estimate of drug-likeness (QED) is 0.853. The molecule has 4 heteroatoms. The number of aromatic nitrogens is 2. The van der Waals surface area contributed by atoms with Gasteiger partial charge in [-0.25, -0.2) is 4.98 Å². The van der Waals surface area contributed by atoms with Gasteiger partial charge in [0.15, 0.2) is 0 Å². The van der Waals surface area contributed by atoms with E-state index in [9.17, 15) is 9.90 Å². The van der Waals surface area contributed by atoms with Crippen LogP contribution >= 0.6 is 0 Å². The molecule has 18 heavy (non-hydrogen) atoms. The fraction of sp³-hybridized carbons (Fsp3) is 0.429. The number of hydrogen-bond donors (Lipinski definition) is 2. The summed E-state index contributed by atoms with van der Waals surface area (Å²) >= 11 is 0. The Kier molecular flexibility index (Phi) is 2.58. The summed E-state index contributed by atoms with van der Waals surface area (Å²) in [7, 11) is 0. The molecule has 1 heterocycles. The van der Waals surface area contributed by atoms with E-state index >= 15 is 0 Å². The highest BCUT2D eigenvalue weighted by Gasteiger charge is 2.35. The predicted octanol–water partition coefficient (Wildman–Crippen LogP) is 2.84. The van der Waals surface area contributed by atoms with E-state index in [1.807, 2.05) is 19.1 Å². The molecule has 2 N–H and O–H groups in total. The van der Waals surface area contributed by atoms with E-state index in [4.69, 9.17) is 0 Å². The number of nitrogens with zero attached hydrogens (tertiary/aromatic N) is 1. The number of nitrogens with one attached hydrogen (secondary N) is 1. The number of carboxylic acid groups (broad SMARTS) is 1. The molecule has 94 valence electrons. The van der Waals surface area contributed by atoms with Crippen molar-refractivity contribution in [3.63, 3.8) is 0 Å². The highest BCUT2D eigenvalue weighted by atomic mass is 16.4. The van der Waals surface area contributed by atoms with Crippen molar-refractivity contribution in [1.29, 1.82) is 0 Å². The van der Waals surface area contributed by atoms with Gasteiger partial charge in [0, 0.05) is 5.92 Å². The number of aryl methyl sites for hydroxylation is 1. The van der Waals surface area contributed by atoms with Gasteiger partial charge in [-0.3, -0.25) is 4.79 Å². The average molecular weight is 244 g/mol. The van der Waals surface area contributed by atoms with Gasteiger partial charge < -0.3 is 10.1 Å². The number of aromatic amines is 1. The van der Waals surface area contributed by atoms with Crippen LogP contribution in [0.2, 0.25) is 0 Å². The van der Waals surface area contributed by atoms with Crippen LogP contribution < -0.4 is 0 Å². The van der Waals surface area contributed by atoms with E-state index in [0.29, 0.717) is 0 Å². The minimum absolute atomic E-state index is 0.0372. The molecule has 2 unspecified atom stereocenters. The van der Waals surface area contributed by atoms with Gasteiger partial charge in [0.25, 0.3) is 0 Å². The highest BCUT2D eigenvalue weighted by molar-refractivity contribution is 5.76. The summed E-state index contributed by atoms with van der Waals surface area (Å²) < 4.78 is 0. The van der Waals surface area contributed by atoms with Gasteiger partial charge in [0.2, 0.25) is 0 Å². The van der Waals surface area contributed by atoms with Crippen molar-refractivity contribution in [2.24, 2.45) is 5.92 Å². The van der Waals surface area contributed by atoms with Crippen LogP contribution in [0.15, 0.2) is 18.2 Å². The van der Waals surface area contributed by atoms with Crippen molar-refractivity contribution in [3.05, 3.63) is 29.6 Å². The van der Waals surface area contributed by atoms with E-state index in [1.165, 1.54) is 5.56 Å². The molecular formula is C14H16N2O2. The van der Waals surface area contributed by atoms with Crippen LogP contribution in [0.5, 0.6) is 0 Å². The number of benzene rings is 1. The van der Waals surface area contributed by atoms with Gasteiger partial charge in [-0.1, -0.05) is 12.5 Å². The first-order valence-corrected chi connectivity index (χ1v) is 6.34. The van der Waals surface area contributed by atoms with E-state index in [0.717, 1.165) is 36.1 Å². The molecule has 4 nitrogen and oxygen atoms in total. The fourth-order valence-electron chi connectivity index (χ4n) is 2.90. The molecule has 3 rings (SSSR count). The lowest BCUT2D eigenvalue weighted by Gasteiger charge is -2.12. The molecule has 1 aliphatic rings. The third kappa shape index (κ3) is 1.78. The zero-order valence-corrected chi connectivity index (χ0v) is 10.3. The smallest absolute Gasteiger partial charge is 0.307 e. The summed E-state index contributed by atoms with van der Waals surface area (Å²) in [6.07, 6.45) is 2.64. The number of fused-ring (bicyclic) bond motifs is 1. The maximum Gasteiger partial charge on any atom is 0.307 e. The van der Waals surface area contributed by atoms with Crippen molar-refractivity contribution in [1.82, 2.24) is 9.97 Å². The lowest BCUT2D eigenvalue weighted by molar-refractivity contribution is -0.142. The molecule has 1 aromatic heterocycles. The largest absolute Gasteiger partial charge is 0.481 e. The maximum absolute atomic E-state index is 11.2. The highest BCUT2D eigenvalue weighted by Crippen LogP contribution is 2.39. The topological polar surface area (TPSA) is 66.0 Å². The van der Waals surface area contributed by atoms with Gasteiger partial charge in [-0.05, 0) is 37.5 Å². The summed E-state index contributed by atoms with van der Waals surface area (Å²) in [5, 5.41) is 9.22. The predicted molar refractivity (Wildman–Crippen MR) is 68.5 cm³/mol. The SMILES string of the molecule is Cc1ccc2nc(C3CCCC3C(=O)O)[nH]c2c1. The molecule has 2 atom stereocenters. The Morgan fingerprint density at radius 1 is 1.44 bits per heavy atom. The Morgan fingerprint density at radius 3 is 3.06 bits per heavy atom. The lowest BCUT2D eigenvalue weighted by atomic mass is 9.96. The van der Waals surface area contributed by atoms with Crippen molar-refractivity contribution >= 4 is 17.0 Å². The first-order chi connectivity index (χ1) is 8.65. The fourth-order valence-corrected chi connectivity index (χ4v) is 2.90. The van der Waals surface area contributed by atoms with E-state index < -0.39 is 5.97 Å². The van der Waals surface area contributed by atoms with Gasteiger partial charge in [-0.2, -0.15) is 0 Å². The molecule has 0 spiro atoms. The zero-order chi connectivity index (χ0) is 12.7. The van der Waals surface area contributed by atoms with Gasteiger partial charge in [0.1, 0.15) is 5.82 Å². The van der Waals surface area contributed by atoms with Crippen LogP contribution in [0.4, 0.5) is 0 Å². The molecule has 1 saturated carbocycles. The van der Waals surface area contributed by atoms with Crippen molar-refractivity contribution < 1.29 is 9.90 Å². The summed E-state index contributed by atoms with van der Waals surface area (Å²) in [5.41, 5.74) is 3.10. The van der Waals surface area contributed by atoms with Gasteiger partial charge >= 0.3 is 5.97 Å². The van der Waals surface area contributed by atoms with Crippen molar-refractivity contribution in [2.75, 3.05) is 0 Å². The molecule has 2 aromatic rings.